The molecule has 0 aromatic heterocycles. The van der Waals surface area contributed by atoms with E-state index in [1.807, 2.05) is 18.2 Å². The molecule has 0 radical (unpaired) electrons. The van der Waals surface area contributed by atoms with Gasteiger partial charge in [0.1, 0.15) is 6.04 Å². The Bertz CT molecular complexity index is 1080. The number of nitrogens with one attached hydrogen (secondary N) is 3. The highest BCUT2D eigenvalue weighted by Gasteiger charge is 2.39. The fraction of sp³-hybridized carbons (Fsp3) is 0.677. The Hall–Kier alpha value is -2.39. The third kappa shape index (κ3) is 7.46. The summed E-state index contributed by atoms with van der Waals surface area (Å²) in [7, 11) is 0. The van der Waals surface area contributed by atoms with E-state index in [1.165, 1.54) is 44.9 Å². The summed E-state index contributed by atoms with van der Waals surface area (Å²) in [5, 5.41) is 8.75. The summed E-state index contributed by atoms with van der Waals surface area (Å²) in [6.07, 6.45) is 13.4. The van der Waals surface area contributed by atoms with Crippen LogP contribution in [-0.2, 0) is 20.9 Å². The van der Waals surface area contributed by atoms with Gasteiger partial charge in [-0.2, -0.15) is 0 Å². The number of nitrogens with zero attached hydrogens (tertiary/aromatic N) is 1. The van der Waals surface area contributed by atoms with E-state index in [4.69, 9.17) is 0 Å². The van der Waals surface area contributed by atoms with E-state index >= 15 is 0 Å². The molecule has 3 unspecified atom stereocenters. The lowest BCUT2D eigenvalue weighted by Crippen LogP contribution is -2.52. The molecule has 3 fully saturated rings. The van der Waals surface area contributed by atoms with E-state index in [9.17, 15) is 19.2 Å². The fourth-order valence-electron chi connectivity index (χ4n) is 7.18. The lowest BCUT2D eigenvalue weighted by atomic mass is 9.67. The molecule has 40 heavy (non-hydrogen) atoms. The van der Waals surface area contributed by atoms with Crippen molar-refractivity contribution in [2.75, 3.05) is 25.4 Å². The quantitative estimate of drug-likeness (QED) is 0.189. The molecule has 2 aliphatic heterocycles. The maximum absolute atomic E-state index is 13.0. The third-order valence-corrected chi connectivity index (χ3v) is 10.4. The Morgan fingerprint density at radius 1 is 1.00 bits per heavy atom. The van der Waals surface area contributed by atoms with Gasteiger partial charge in [-0.3, -0.25) is 24.5 Å². The van der Waals surface area contributed by atoms with Crippen molar-refractivity contribution in [3.63, 3.8) is 0 Å². The highest BCUT2D eigenvalue weighted by atomic mass is 32.2. The summed E-state index contributed by atoms with van der Waals surface area (Å²) < 4.78 is 0. The van der Waals surface area contributed by atoms with Crippen LogP contribution in [0.4, 0.5) is 0 Å². The number of fused-ring (bicyclic) bond motifs is 3. The van der Waals surface area contributed by atoms with E-state index in [-0.39, 0.29) is 30.0 Å². The molecule has 2 aliphatic carbocycles. The SMILES string of the molecule is O=C(CNCCC1CC2CCCC(C2)C1)NCCCCCSc1cccc2c1CN(C1CCC(=O)NC1=O)C2=O. The average Bonchev–Trinajstić information content (AvgIpc) is 3.27. The molecule has 4 amide bonds. The standard InChI is InChI=1S/C31H44N4O4S/c36-28-11-10-26(30(38)34-28)35-20-25-24(31(35)39)8-5-9-27(25)40-15-3-1-2-13-33-29(37)19-32-14-12-23-17-21-6-4-7-22(16-21)18-23/h5,8-9,21-23,26,32H,1-4,6-7,10-20H2,(H,33,37)(H,34,36,38). The van der Waals surface area contributed by atoms with Crippen molar-refractivity contribution >= 4 is 35.4 Å². The average molecular weight is 569 g/mol. The molecule has 8 nitrogen and oxygen atoms in total. The number of imide groups is 1. The van der Waals surface area contributed by atoms with Gasteiger partial charge in [-0.15, -0.1) is 11.8 Å². The summed E-state index contributed by atoms with van der Waals surface area (Å²) in [4.78, 5) is 51.7. The molecule has 1 saturated heterocycles. The van der Waals surface area contributed by atoms with Gasteiger partial charge in [0.2, 0.25) is 17.7 Å². The molecule has 3 N–H and O–H groups in total. The number of amides is 4. The molecule has 1 aromatic carbocycles. The van der Waals surface area contributed by atoms with Gasteiger partial charge in [-0.1, -0.05) is 31.7 Å². The van der Waals surface area contributed by atoms with Crippen molar-refractivity contribution < 1.29 is 19.2 Å². The molecule has 4 aliphatic rings. The monoisotopic (exact) mass is 568 g/mol. The van der Waals surface area contributed by atoms with E-state index in [2.05, 4.69) is 16.0 Å². The highest BCUT2D eigenvalue weighted by Crippen LogP contribution is 2.43. The van der Waals surface area contributed by atoms with Crippen LogP contribution in [0.5, 0.6) is 0 Å². The summed E-state index contributed by atoms with van der Waals surface area (Å²) in [6, 6.07) is 5.18. The number of carbonyl (C=O) groups excluding carboxylic acids is 4. The Kier molecular flexibility index (Phi) is 10.2. The number of rotatable bonds is 13. The number of thioether (sulfide) groups is 1. The molecule has 218 valence electrons. The molecule has 5 rings (SSSR count). The van der Waals surface area contributed by atoms with Gasteiger partial charge in [-0.05, 0) is 92.7 Å². The van der Waals surface area contributed by atoms with E-state index in [0.29, 0.717) is 31.6 Å². The van der Waals surface area contributed by atoms with Gasteiger partial charge in [0.25, 0.3) is 5.91 Å². The normalized spacial score (nSPS) is 26.0. The molecule has 2 bridgehead atoms. The van der Waals surface area contributed by atoms with Gasteiger partial charge in [-0.25, -0.2) is 0 Å². The Balaban J connectivity index is 0.930. The molecule has 9 heteroatoms. The van der Waals surface area contributed by atoms with Crippen LogP contribution in [0, 0.1) is 17.8 Å². The summed E-state index contributed by atoms with van der Waals surface area (Å²) in [5.74, 6) is 3.01. The van der Waals surface area contributed by atoms with Crippen LogP contribution in [0.15, 0.2) is 23.1 Å². The van der Waals surface area contributed by atoms with Gasteiger partial charge in [0.05, 0.1) is 6.54 Å². The van der Waals surface area contributed by atoms with Crippen molar-refractivity contribution in [1.29, 1.82) is 0 Å². The van der Waals surface area contributed by atoms with Crippen LogP contribution >= 0.6 is 11.8 Å². The highest BCUT2D eigenvalue weighted by molar-refractivity contribution is 7.99. The second kappa shape index (κ2) is 14.0. The summed E-state index contributed by atoms with van der Waals surface area (Å²) >= 11 is 1.74. The second-order valence-electron chi connectivity index (χ2n) is 12.1. The number of hydrogen-bond acceptors (Lipinski definition) is 6. The van der Waals surface area contributed by atoms with Crippen molar-refractivity contribution in [3.8, 4) is 0 Å². The van der Waals surface area contributed by atoms with Crippen molar-refractivity contribution in [3.05, 3.63) is 29.3 Å². The molecular formula is C31H44N4O4S. The van der Waals surface area contributed by atoms with Crippen LogP contribution in [0.25, 0.3) is 0 Å². The molecular weight excluding hydrogens is 524 g/mol. The van der Waals surface area contributed by atoms with E-state index < -0.39 is 6.04 Å². The van der Waals surface area contributed by atoms with Crippen LogP contribution in [-0.4, -0.2) is 60.0 Å². The zero-order valence-corrected chi connectivity index (χ0v) is 24.4. The maximum atomic E-state index is 13.0. The van der Waals surface area contributed by atoms with Crippen LogP contribution in [0.2, 0.25) is 0 Å². The first-order chi connectivity index (χ1) is 19.5. The number of benzene rings is 1. The summed E-state index contributed by atoms with van der Waals surface area (Å²) in [6.45, 7) is 2.45. The van der Waals surface area contributed by atoms with Crippen molar-refractivity contribution in [1.82, 2.24) is 20.9 Å². The second-order valence-corrected chi connectivity index (χ2v) is 13.3. The predicted octanol–water partition coefficient (Wildman–Crippen LogP) is 4.02. The zero-order valence-electron chi connectivity index (χ0n) is 23.6. The predicted molar refractivity (Wildman–Crippen MR) is 156 cm³/mol. The fourth-order valence-corrected chi connectivity index (χ4v) is 8.27. The molecule has 2 heterocycles. The minimum atomic E-state index is -0.586. The maximum Gasteiger partial charge on any atom is 0.255 e. The van der Waals surface area contributed by atoms with Crippen molar-refractivity contribution in [2.45, 2.75) is 94.5 Å². The summed E-state index contributed by atoms with van der Waals surface area (Å²) in [5.41, 5.74) is 1.64. The molecule has 1 aromatic rings. The first-order valence-corrected chi connectivity index (χ1v) is 16.3. The van der Waals surface area contributed by atoms with Gasteiger partial charge in [0.15, 0.2) is 0 Å². The first-order valence-electron chi connectivity index (χ1n) is 15.3. The van der Waals surface area contributed by atoms with E-state index in [0.717, 1.165) is 59.8 Å². The first kappa shape index (κ1) is 29.1. The topological polar surface area (TPSA) is 108 Å². The number of carbonyl (C=O) groups is 4. The minimum Gasteiger partial charge on any atom is -0.355 e. The third-order valence-electron chi connectivity index (χ3n) is 9.18. The zero-order chi connectivity index (χ0) is 27.9. The smallest absolute Gasteiger partial charge is 0.255 e. The van der Waals surface area contributed by atoms with Crippen LogP contribution < -0.4 is 16.0 Å². The Morgan fingerprint density at radius 3 is 2.62 bits per heavy atom. The number of unbranched alkanes of at least 4 members (excludes halogenated alkanes) is 2. The van der Waals surface area contributed by atoms with Crippen molar-refractivity contribution in [2.24, 2.45) is 17.8 Å². The Morgan fingerprint density at radius 2 is 1.82 bits per heavy atom. The largest absolute Gasteiger partial charge is 0.355 e. The molecule has 2 saturated carbocycles. The van der Waals surface area contributed by atoms with Crippen LogP contribution in [0.1, 0.15) is 93.0 Å². The number of piperidine rings is 1. The van der Waals surface area contributed by atoms with Gasteiger partial charge >= 0.3 is 0 Å². The van der Waals surface area contributed by atoms with Gasteiger partial charge in [0, 0.05) is 30.0 Å². The van der Waals surface area contributed by atoms with Gasteiger partial charge < -0.3 is 15.5 Å². The lowest BCUT2D eigenvalue weighted by molar-refractivity contribution is -0.137. The van der Waals surface area contributed by atoms with E-state index in [1.54, 1.807) is 16.7 Å². The van der Waals surface area contributed by atoms with Crippen LogP contribution in [0.3, 0.4) is 0 Å². The molecule has 0 spiro atoms. The minimum absolute atomic E-state index is 0.0833. The Labute approximate surface area is 242 Å². The molecule has 3 atom stereocenters. The number of hydrogen-bond donors (Lipinski definition) is 3. The lowest BCUT2D eigenvalue weighted by Gasteiger charge is -2.39.